The Bertz CT molecular complexity index is 824. The molecule has 0 radical (unpaired) electrons. The van der Waals surface area contributed by atoms with Crippen molar-refractivity contribution in [1.82, 2.24) is 20.2 Å². The van der Waals surface area contributed by atoms with Crippen molar-refractivity contribution in [1.29, 1.82) is 0 Å². The van der Waals surface area contributed by atoms with E-state index in [9.17, 15) is 13.2 Å². The molecule has 174 valence electrons. The minimum atomic E-state index is -4.38. The largest absolute Gasteiger partial charge is 0.484 e. The van der Waals surface area contributed by atoms with Crippen LogP contribution in [0.4, 0.5) is 13.2 Å². The van der Waals surface area contributed by atoms with Gasteiger partial charge < -0.3 is 19.9 Å². The third-order valence-corrected chi connectivity index (χ3v) is 4.41. The molecule has 1 heterocycles. The van der Waals surface area contributed by atoms with E-state index in [4.69, 9.17) is 4.74 Å². The Morgan fingerprint density at radius 1 is 1.19 bits per heavy atom. The Morgan fingerprint density at radius 2 is 1.97 bits per heavy atom. The molecular weight excluding hydrogens is 522 g/mol. The van der Waals surface area contributed by atoms with Crippen LogP contribution in [-0.4, -0.2) is 41.4 Å². The van der Waals surface area contributed by atoms with Gasteiger partial charge in [0, 0.05) is 37.6 Å². The summed E-state index contributed by atoms with van der Waals surface area (Å²) in [6.45, 7) is 6.98. The van der Waals surface area contributed by atoms with E-state index in [1.165, 1.54) is 0 Å². The average molecular weight is 553 g/mol. The van der Waals surface area contributed by atoms with Crippen molar-refractivity contribution in [2.24, 2.45) is 4.99 Å². The fraction of sp³-hybridized carbons (Fsp3) is 0.524. The number of benzene rings is 1. The van der Waals surface area contributed by atoms with E-state index in [-0.39, 0.29) is 36.3 Å². The summed E-state index contributed by atoms with van der Waals surface area (Å²) in [4.78, 5) is 8.70. The Hall–Kier alpha value is -1.98. The molecular formula is C21H31F3IN5O. The summed E-state index contributed by atoms with van der Waals surface area (Å²) in [5.41, 5.74) is 1.44. The van der Waals surface area contributed by atoms with Crippen LogP contribution in [0.2, 0.25) is 0 Å². The summed E-state index contributed by atoms with van der Waals surface area (Å²) in [5.74, 6) is 1.83. The first kappa shape index (κ1) is 27.1. The Morgan fingerprint density at radius 3 is 2.61 bits per heavy atom. The molecule has 0 bridgehead atoms. The fourth-order valence-electron chi connectivity index (χ4n) is 2.85. The maximum absolute atomic E-state index is 12.5. The van der Waals surface area contributed by atoms with Gasteiger partial charge in [0.15, 0.2) is 12.6 Å². The quantitative estimate of drug-likeness (QED) is 0.196. The molecule has 10 heteroatoms. The van der Waals surface area contributed by atoms with Gasteiger partial charge >= 0.3 is 6.18 Å². The number of ether oxygens (including phenoxy) is 1. The van der Waals surface area contributed by atoms with Crippen LogP contribution in [0.1, 0.15) is 36.7 Å². The van der Waals surface area contributed by atoms with E-state index in [1.54, 1.807) is 18.3 Å². The van der Waals surface area contributed by atoms with E-state index in [1.807, 2.05) is 33.0 Å². The number of halogens is 4. The van der Waals surface area contributed by atoms with Crippen molar-refractivity contribution in [3.8, 4) is 5.75 Å². The van der Waals surface area contributed by atoms with Gasteiger partial charge in [-0.3, -0.25) is 0 Å². The molecule has 2 aromatic rings. The predicted octanol–water partition coefficient (Wildman–Crippen LogP) is 4.59. The molecule has 0 aliphatic carbocycles. The summed E-state index contributed by atoms with van der Waals surface area (Å²) in [6.07, 6.45) is 1.33. The van der Waals surface area contributed by atoms with Crippen LogP contribution in [0.5, 0.6) is 5.75 Å². The first-order chi connectivity index (χ1) is 14.3. The van der Waals surface area contributed by atoms with E-state index in [2.05, 4.69) is 25.2 Å². The minimum Gasteiger partial charge on any atom is -0.484 e. The van der Waals surface area contributed by atoms with Gasteiger partial charge in [0.25, 0.3) is 0 Å². The number of nitrogens with one attached hydrogen (secondary N) is 2. The van der Waals surface area contributed by atoms with Gasteiger partial charge in [0.1, 0.15) is 11.6 Å². The highest BCUT2D eigenvalue weighted by atomic mass is 127. The second-order valence-electron chi connectivity index (χ2n) is 7.01. The van der Waals surface area contributed by atoms with Crippen LogP contribution in [0.15, 0.2) is 35.6 Å². The smallest absolute Gasteiger partial charge is 0.422 e. The number of aryl methyl sites for hydroxylation is 3. The molecule has 0 saturated carbocycles. The molecule has 0 amide bonds. The highest BCUT2D eigenvalue weighted by Crippen LogP contribution is 2.24. The third-order valence-electron chi connectivity index (χ3n) is 4.41. The van der Waals surface area contributed by atoms with Gasteiger partial charge in [-0.05, 0) is 45.2 Å². The molecule has 1 aromatic carbocycles. The highest BCUT2D eigenvalue weighted by Gasteiger charge is 2.28. The third kappa shape index (κ3) is 10.3. The molecule has 0 fully saturated rings. The lowest BCUT2D eigenvalue weighted by molar-refractivity contribution is -0.153. The van der Waals surface area contributed by atoms with Crippen molar-refractivity contribution >= 4 is 29.9 Å². The van der Waals surface area contributed by atoms with E-state index < -0.39 is 12.8 Å². The SMILES string of the molecule is CCNC(=NCc1ccc(C)cc1OCC(F)(F)F)NCCCCn1ccnc1C.I. The second kappa shape index (κ2) is 13.4. The highest BCUT2D eigenvalue weighted by molar-refractivity contribution is 14.0. The maximum Gasteiger partial charge on any atom is 0.422 e. The van der Waals surface area contributed by atoms with Gasteiger partial charge in [-0.1, -0.05) is 12.1 Å². The summed E-state index contributed by atoms with van der Waals surface area (Å²) >= 11 is 0. The minimum absolute atomic E-state index is 0. The second-order valence-corrected chi connectivity index (χ2v) is 7.01. The van der Waals surface area contributed by atoms with E-state index >= 15 is 0 Å². The van der Waals surface area contributed by atoms with Gasteiger partial charge in [-0.25, -0.2) is 9.98 Å². The number of rotatable bonds is 10. The van der Waals surface area contributed by atoms with Gasteiger partial charge in [-0.2, -0.15) is 13.2 Å². The van der Waals surface area contributed by atoms with Crippen LogP contribution in [0.3, 0.4) is 0 Å². The van der Waals surface area contributed by atoms with E-state index in [0.29, 0.717) is 18.1 Å². The molecule has 0 unspecified atom stereocenters. The van der Waals surface area contributed by atoms with Crippen molar-refractivity contribution in [2.75, 3.05) is 19.7 Å². The standard InChI is InChI=1S/C21H30F3N5O.HI/c1-4-25-20(27-9-5-6-11-29-12-10-26-17(29)3)28-14-18-8-7-16(2)13-19(18)30-15-21(22,23)24;/h7-8,10,12-13H,4-6,9,11,14-15H2,1-3H3,(H2,25,27,28);1H. The molecule has 31 heavy (non-hydrogen) atoms. The van der Waals surface area contributed by atoms with Crippen LogP contribution in [0.25, 0.3) is 0 Å². The zero-order valence-electron chi connectivity index (χ0n) is 18.1. The molecule has 6 nitrogen and oxygen atoms in total. The Labute approximate surface area is 198 Å². The topological polar surface area (TPSA) is 63.5 Å². The summed E-state index contributed by atoms with van der Waals surface area (Å²) in [7, 11) is 0. The normalized spacial score (nSPS) is 11.7. The average Bonchev–Trinajstić information content (AvgIpc) is 3.09. The number of hydrogen-bond acceptors (Lipinski definition) is 3. The number of alkyl halides is 3. The number of aliphatic imine (C=N–C) groups is 1. The lowest BCUT2D eigenvalue weighted by atomic mass is 10.1. The van der Waals surface area contributed by atoms with Crippen LogP contribution < -0.4 is 15.4 Å². The molecule has 2 N–H and O–H groups in total. The zero-order chi connectivity index (χ0) is 22.0. The van der Waals surface area contributed by atoms with Crippen molar-refractivity contribution in [3.05, 3.63) is 47.5 Å². The van der Waals surface area contributed by atoms with Gasteiger partial charge in [0.2, 0.25) is 0 Å². The number of guanidine groups is 1. The Kier molecular flexibility index (Phi) is 11.7. The Balaban J connectivity index is 0.00000480. The number of aromatic nitrogens is 2. The number of hydrogen-bond donors (Lipinski definition) is 2. The number of nitrogens with zero attached hydrogens (tertiary/aromatic N) is 3. The summed E-state index contributed by atoms with van der Waals surface area (Å²) in [5, 5.41) is 6.42. The zero-order valence-corrected chi connectivity index (χ0v) is 20.5. The molecule has 1 aromatic heterocycles. The molecule has 0 spiro atoms. The molecule has 2 rings (SSSR count). The fourth-order valence-corrected chi connectivity index (χ4v) is 2.85. The lowest BCUT2D eigenvalue weighted by Gasteiger charge is -2.14. The van der Waals surface area contributed by atoms with Crippen molar-refractivity contribution in [2.45, 2.75) is 52.9 Å². The molecule has 0 aliphatic heterocycles. The number of unbranched alkanes of at least 4 members (excludes halogenated alkanes) is 1. The van der Waals surface area contributed by atoms with Crippen LogP contribution >= 0.6 is 24.0 Å². The molecule has 0 aliphatic rings. The van der Waals surface area contributed by atoms with Crippen LogP contribution in [0, 0.1) is 13.8 Å². The first-order valence-electron chi connectivity index (χ1n) is 10.1. The molecule has 0 atom stereocenters. The number of imidazole rings is 1. The maximum atomic E-state index is 12.5. The van der Waals surface area contributed by atoms with Crippen molar-refractivity contribution < 1.29 is 17.9 Å². The van der Waals surface area contributed by atoms with E-state index in [0.717, 1.165) is 37.3 Å². The summed E-state index contributed by atoms with van der Waals surface area (Å²) in [6, 6.07) is 5.19. The molecule has 0 saturated heterocycles. The van der Waals surface area contributed by atoms with Crippen LogP contribution in [-0.2, 0) is 13.1 Å². The lowest BCUT2D eigenvalue weighted by Crippen LogP contribution is -2.37. The van der Waals surface area contributed by atoms with Gasteiger partial charge in [-0.15, -0.1) is 24.0 Å². The predicted molar refractivity (Wildman–Crippen MR) is 127 cm³/mol. The summed E-state index contributed by atoms with van der Waals surface area (Å²) < 4.78 is 44.7. The monoisotopic (exact) mass is 553 g/mol. The van der Waals surface area contributed by atoms with Gasteiger partial charge in [0.05, 0.1) is 6.54 Å². The van der Waals surface area contributed by atoms with Crippen molar-refractivity contribution in [3.63, 3.8) is 0 Å². The first-order valence-corrected chi connectivity index (χ1v) is 10.1.